The molecule has 828 valence electrons. The van der Waals surface area contributed by atoms with Crippen LogP contribution in [-0.4, -0.2) is 620 Å². The second-order valence-corrected chi connectivity index (χ2v) is 35.8. The molecule has 10 rings (SSSR count). The highest BCUT2D eigenvalue weighted by Crippen LogP contribution is 2.43. The molecule has 0 saturated carbocycles. The number of rotatable bonds is 43. The van der Waals surface area contributed by atoms with Crippen molar-refractivity contribution in [2.75, 3.05) is 79.3 Å². The molecule has 10 fully saturated rings. The Labute approximate surface area is 808 Å². The number of hydrogen-bond donors (Lipinski definition) is 38. The number of carbonyl (C=O) groups excluding carboxylic acids is 5. The van der Waals surface area contributed by atoms with Crippen molar-refractivity contribution >= 4 is 35.5 Å². The first-order valence-corrected chi connectivity index (χ1v) is 45.2. The van der Waals surface area contributed by atoms with Crippen LogP contribution in [0.1, 0.15) is 41.0 Å². The predicted molar refractivity (Wildman–Crippen MR) is 440 cm³/mol. The highest BCUT2D eigenvalue weighted by atomic mass is 16.8. The lowest BCUT2D eigenvalue weighted by Gasteiger charge is -2.51. The molecule has 10 saturated heterocycles. The Morgan fingerprint density at radius 3 is 1.18 bits per heavy atom. The van der Waals surface area contributed by atoms with Crippen LogP contribution in [0.2, 0.25) is 0 Å². The third-order valence-electron chi connectivity index (χ3n) is 25.7. The zero-order chi connectivity index (χ0) is 106. The molecular weight excluding hydrogens is 1960 g/mol. The molecule has 0 aromatic rings. The van der Waals surface area contributed by atoms with Crippen LogP contribution in [-0.2, 0) is 124 Å². The Kier molecular flexibility index (Phi) is 44.0. The molecule has 0 spiro atoms. The maximum atomic E-state index is 13.3. The molecule has 0 aromatic heterocycles. The van der Waals surface area contributed by atoms with Gasteiger partial charge in [0.1, 0.15) is 257 Å². The Balaban J connectivity index is 0.984. The van der Waals surface area contributed by atoms with E-state index in [0.29, 0.717) is 0 Å². The molecule has 10 aliphatic heterocycles. The summed E-state index contributed by atoms with van der Waals surface area (Å²) in [5.74, 6) is -11.0. The fraction of sp³-hybridized carbons (Fsp3) is 0.924. The minimum absolute atomic E-state index is 0.842. The highest BCUT2D eigenvalue weighted by molar-refractivity contribution is 5.78. The van der Waals surface area contributed by atoms with E-state index in [-0.39, 0.29) is 0 Å². The average Bonchev–Trinajstić information content (AvgIpc) is 0.415. The van der Waals surface area contributed by atoms with Gasteiger partial charge >= 0.3 is 5.97 Å². The quantitative estimate of drug-likeness (QED) is 0.0270. The first-order valence-electron chi connectivity index (χ1n) is 45.2. The van der Waals surface area contributed by atoms with Gasteiger partial charge in [0, 0.05) is 34.1 Å². The summed E-state index contributed by atoms with van der Waals surface area (Å²) < 4.78 is 119. The fourth-order valence-corrected chi connectivity index (χ4v) is 18.0. The summed E-state index contributed by atoms with van der Waals surface area (Å²) in [6.07, 6.45) is -111. The summed E-state index contributed by atoms with van der Waals surface area (Å²) in [7, 11) is 0. The second kappa shape index (κ2) is 52.7. The van der Waals surface area contributed by atoms with Crippen molar-refractivity contribution in [2.24, 2.45) is 0 Å². The maximum Gasteiger partial charge on any atom is 0.364 e. The summed E-state index contributed by atoms with van der Waals surface area (Å²) in [6, 6.07) is -10.1. The molecule has 0 unspecified atom stereocenters. The molecular formula is C79H133N5O59. The Morgan fingerprint density at radius 2 is 0.734 bits per heavy atom. The van der Waals surface area contributed by atoms with Crippen LogP contribution in [0.3, 0.4) is 0 Å². The van der Waals surface area contributed by atoms with Gasteiger partial charge in [-0.05, 0) is 6.92 Å². The standard InChI is InChI=1S/C79H133N5O59/c1-19-41(103)52(114)56(118)72(126-19)124-17-27(101)60(42(104)24(7-85)80-20(2)95)135-69-38(81-21(3)96)49(111)62(33(14-92)131-69)137-74-58(120)65(139-77-68(55(117)46(108)30(11-89)130-77)141-71-40(83-23(5)98)50(112)61(32(13-91)133-71)136-73-57(119)53(115)44(106)28(9-87)127-73)48(110)35(134-74)18-125-76-67(54(116)45(107)29(10-88)129-76)140-70-39(82-22(4)97)51(113)63(34(15-93)132-70)138-75-59(121)66(47(109)31(12-90)128-75)143-79(78(122)123)6-25(99)37(84-36(102)16-94)64(142-79)43(105)26(100)8-86/h19,24-35,37-77,85-94,99-101,103-121H,6-18H2,1-5H3,(H,80,95)(H,81,96)(H,82,97)(H,83,98)(H,84,102)(H,122,123)/t19-,24-,25-,26+,27+,28+,29+,30+,31+,32+,33+,34+,35+,37+,38+,39+,40+,41+,42+,43+,44-,45+,46+,47-,48+,49+,50+,51+,52+,53-,54-,55-,56-,57+,58-,59+,60+,61+,62+,63+,64+,65-,66-,67-,68-,69-,70-,71-,72+,73-,74-,75-,76-,77+,79-/m0/s1. The molecule has 64 heteroatoms. The maximum absolute atomic E-state index is 13.3. The topological polar surface area (TPSA) is 1010 Å². The van der Waals surface area contributed by atoms with E-state index in [1.165, 1.54) is 6.92 Å². The number of carboxylic acids is 1. The number of aliphatic hydroxyl groups excluding tert-OH is 32. The zero-order valence-corrected chi connectivity index (χ0v) is 76.7. The molecule has 10 aliphatic rings. The normalized spacial score (nSPS) is 45.5. The van der Waals surface area contributed by atoms with Crippen LogP contribution < -0.4 is 26.6 Å². The van der Waals surface area contributed by atoms with Gasteiger partial charge in [0.2, 0.25) is 29.5 Å². The van der Waals surface area contributed by atoms with Gasteiger partial charge in [-0.3, -0.25) is 24.0 Å². The summed E-state index contributed by atoms with van der Waals surface area (Å²) in [6.45, 7) is -10.0. The molecule has 38 N–H and O–H groups in total. The smallest absolute Gasteiger partial charge is 0.364 e. The third-order valence-corrected chi connectivity index (χ3v) is 25.7. The van der Waals surface area contributed by atoms with Gasteiger partial charge in [0.15, 0.2) is 56.6 Å². The number of aliphatic hydroxyl groups is 32. The van der Waals surface area contributed by atoms with Crippen molar-refractivity contribution < 1.29 is 292 Å². The third kappa shape index (κ3) is 27.3. The summed E-state index contributed by atoms with van der Waals surface area (Å²) in [5, 5.41) is 381. The minimum Gasteiger partial charge on any atom is -0.477 e. The van der Waals surface area contributed by atoms with Crippen molar-refractivity contribution in [3.8, 4) is 0 Å². The summed E-state index contributed by atoms with van der Waals surface area (Å²) in [4.78, 5) is 77.9. The molecule has 0 bridgehead atoms. The van der Waals surface area contributed by atoms with Gasteiger partial charge in [-0.25, -0.2) is 4.79 Å². The van der Waals surface area contributed by atoms with Crippen molar-refractivity contribution in [1.29, 1.82) is 0 Å². The van der Waals surface area contributed by atoms with Crippen molar-refractivity contribution in [1.82, 2.24) is 26.6 Å². The number of carbonyl (C=O) groups is 6. The van der Waals surface area contributed by atoms with Gasteiger partial charge in [0.05, 0.1) is 97.0 Å². The van der Waals surface area contributed by atoms with Crippen LogP contribution in [0.25, 0.3) is 0 Å². The first kappa shape index (κ1) is 120. The van der Waals surface area contributed by atoms with E-state index in [4.69, 9.17) is 94.7 Å². The van der Waals surface area contributed by atoms with Crippen molar-refractivity contribution in [3.63, 3.8) is 0 Å². The highest BCUT2D eigenvalue weighted by Gasteiger charge is 2.65. The van der Waals surface area contributed by atoms with E-state index < -0.39 is 458 Å². The van der Waals surface area contributed by atoms with E-state index >= 15 is 0 Å². The summed E-state index contributed by atoms with van der Waals surface area (Å²) >= 11 is 0. The van der Waals surface area contributed by atoms with Gasteiger partial charge < -0.3 is 290 Å². The second-order valence-electron chi connectivity index (χ2n) is 35.8. The number of nitrogens with one attached hydrogen (secondary N) is 5. The lowest BCUT2D eigenvalue weighted by molar-refractivity contribution is -0.399. The monoisotopic (exact) mass is 2100 g/mol. The van der Waals surface area contributed by atoms with Crippen LogP contribution in [0.15, 0.2) is 0 Å². The van der Waals surface area contributed by atoms with E-state index in [0.717, 1.165) is 27.7 Å². The lowest BCUT2D eigenvalue weighted by Crippen LogP contribution is -2.71. The van der Waals surface area contributed by atoms with E-state index in [1.807, 2.05) is 0 Å². The van der Waals surface area contributed by atoms with Crippen molar-refractivity contribution in [2.45, 2.75) is 378 Å². The van der Waals surface area contributed by atoms with Crippen LogP contribution >= 0.6 is 0 Å². The number of hydrogen-bond acceptors (Lipinski definition) is 58. The van der Waals surface area contributed by atoms with Gasteiger partial charge in [0.25, 0.3) is 5.79 Å². The molecule has 64 nitrogen and oxygen atoms in total. The van der Waals surface area contributed by atoms with Gasteiger partial charge in [-0.2, -0.15) is 0 Å². The van der Waals surface area contributed by atoms with Gasteiger partial charge in [-0.1, -0.05) is 0 Å². The van der Waals surface area contributed by atoms with Gasteiger partial charge in [-0.15, -0.1) is 0 Å². The minimum atomic E-state index is -3.40. The lowest BCUT2D eigenvalue weighted by atomic mass is 9.88. The predicted octanol–water partition coefficient (Wildman–Crippen LogP) is -25.4. The van der Waals surface area contributed by atoms with E-state index in [9.17, 15) is 197 Å². The molecule has 0 aromatic carbocycles. The Bertz CT molecular complexity index is 3970. The molecule has 0 aliphatic carbocycles. The SMILES string of the molecule is CC(=O)N[C@H]1[C@H](O[C@@H]([C@H](O)[C@H](CO)NC(C)=O)[C@H](O)CO[C@@H]2O[C@@H](C)[C@@H](O)[C@@H](O)[C@@H]2O)O[C@H](CO)[C@@H](O[C@@H]2O[C@H](CO[C@H]3O[C@H](CO)[C@@H](O)[C@H](O)[C@@H]3O[C@@H]3O[C@H](CO)[C@@H](O[C@@H]4O[C@H](CO)[C@H](O)[C@H](O[C@]5(C(=O)O)C[C@H](O)[C@@H](NC(=O)CO)[C@H]([C@H](O)[C@H](O)CO)O5)[C@H]4O)[C@H](O)[C@H]3NC(C)=O)[C@@H](O)[C@H](O[C@H]3O[C@H](CO)[C@@H](O)[C@H](O)[C@@H]3O[C@@H]3O[C@H](CO)[C@@H](O[C@@H]4O[C@H](CO)[C@H](O)[C@H](O)[C@H]4O)[C@H](O)[C@H]3NC(C)=O)[C@@H]2O)[C@@H]1O. The van der Waals surface area contributed by atoms with Crippen molar-refractivity contribution in [3.05, 3.63) is 0 Å². The largest absolute Gasteiger partial charge is 0.477 e. The van der Waals surface area contributed by atoms with Crippen LogP contribution in [0.4, 0.5) is 0 Å². The van der Waals surface area contributed by atoms with Crippen LogP contribution in [0.5, 0.6) is 0 Å². The Hall–Kier alpha value is -5.26. The molecule has 143 heavy (non-hydrogen) atoms. The number of aliphatic carboxylic acids is 1. The summed E-state index contributed by atoms with van der Waals surface area (Å²) in [5.41, 5.74) is 0. The molecule has 5 amide bonds. The number of carboxylic acid groups (broad SMARTS) is 1. The number of amides is 5. The Morgan fingerprint density at radius 1 is 0.350 bits per heavy atom. The number of ether oxygens (including phenoxy) is 20. The zero-order valence-electron chi connectivity index (χ0n) is 76.7. The van der Waals surface area contributed by atoms with E-state index in [1.54, 1.807) is 0 Å². The molecule has 10 heterocycles. The first-order chi connectivity index (χ1) is 67.5. The molecule has 0 radical (unpaired) electrons. The van der Waals surface area contributed by atoms with E-state index in [2.05, 4.69) is 26.6 Å². The average molecular weight is 2100 g/mol. The fourth-order valence-electron chi connectivity index (χ4n) is 18.0. The molecule has 55 atom stereocenters. The van der Waals surface area contributed by atoms with Crippen LogP contribution in [0, 0.1) is 0 Å².